The maximum Gasteiger partial charge on any atom is 0.387 e. The Morgan fingerprint density at radius 3 is 2.57 bits per heavy atom. The molecular weight excluding hydrogens is 280 g/mol. The summed E-state index contributed by atoms with van der Waals surface area (Å²) < 4.78 is 29.1. The van der Waals surface area contributed by atoms with Crippen LogP contribution in [0.1, 0.15) is 31.2 Å². The van der Waals surface area contributed by atoms with Gasteiger partial charge < -0.3 is 15.2 Å². The highest BCUT2D eigenvalue weighted by molar-refractivity contribution is 5.70. The van der Waals surface area contributed by atoms with Gasteiger partial charge >= 0.3 is 12.6 Å². The van der Waals surface area contributed by atoms with Crippen molar-refractivity contribution in [2.75, 3.05) is 0 Å². The molecule has 6 heteroatoms. The second-order valence-corrected chi connectivity index (χ2v) is 5.25. The monoisotopic (exact) mass is 299 g/mol. The van der Waals surface area contributed by atoms with Gasteiger partial charge in [0.05, 0.1) is 5.92 Å². The first kappa shape index (κ1) is 15.7. The number of nitrogens with one attached hydrogen (secondary N) is 1. The lowest BCUT2D eigenvalue weighted by Crippen LogP contribution is -2.34. The third kappa shape index (κ3) is 4.67. The van der Waals surface area contributed by atoms with Gasteiger partial charge in [-0.1, -0.05) is 18.2 Å². The second-order valence-electron chi connectivity index (χ2n) is 5.25. The van der Waals surface area contributed by atoms with E-state index in [1.54, 1.807) is 18.2 Å². The molecule has 116 valence electrons. The minimum Gasteiger partial charge on any atom is -0.481 e. The van der Waals surface area contributed by atoms with Crippen LogP contribution in [0, 0.1) is 5.92 Å². The number of halogens is 2. The maximum atomic E-state index is 12.3. The van der Waals surface area contributed by atoms with Crippen LogP contribution in [0.3, 0.4) is 0 Å². The average molecular weight is 299 g/mol. The fourth-order valence-corrected chi connectivity index (χ4v) is 2.66. The first-order valence-electron chi connectivity index (χ1n) is 7.05. The summed E-state index contributed by atoms with van der Waals surface area (Å²) in [5, 5.41) is 12.2. The molecule has 1 aromatic carbocycles. The first-order chi connectivity index (χ1) is 10.1. The molecule has 0 unspecified atom stereocenters. The number of aliphatic carboxylic acids is 1. The Hall–Kier alpha value is -1.69. The summed E-state index contributed by atoms with van der Waals surface area (Å²) in [7, 11) is 0. The molecule has 1 aliphatic rings. The molecule has 0 atom stereocenters. The Bertz CT molecular complexity index is 474. The van der Waals surface area contributed by atoms with E-state index in [2.05, 4.69) is 10.1 Å². The Labute approximate surface area is 122 Å². The van der Waals surface area contributed by atoms with E-state index >= 15 is 0 Å². The molecule has 0 aromatic heterocycles. The zero-order valence-electron chi connectivity index (χ0n) is 11.6. The fraction of sp³-hybridized carbons (Fsp3) is 0.533. The van der Waals surface area contributed by atoms with Crippen LogP contribution < -0.4 is 10.1 Å². The smallest absolute Gasteiger partial charge is 0.387 e. The molecule has 4 nitrogen and oxygen atoms in total. The minimum atomic E-state index is -2.84. The quantitative estimate of drug-likeness (QED) is 0.847. The molecule has 1 fully saturated rings. The van der Waals surface area contributed by atoms with Gasteiger partial charge in [-0.2, -0.15) is 8.78 Å². The highest BCUT2D eigenvalue weighted by atomic mass is 19.3. The van der Waals surface area contributed by atoms with Crippen LogP contribution in [0.4, 0.5) is 8.78 Å². The van der Waals surface area contributed by atoms with Gasteiger partial charge in [0.25, 0.3) is 0 Å². The van der Waals surface area contributed by atoms with Gasteiger partial charge in [-0.3, -0.25) is 4.79 Å². The van der Waals surface area contributed by atoms with E-state index in [-0.39, 0.29) is 17.7 Å². The van der Waals surface area contributed by atoms with Crippen molar-refractivity contribution in [1.82, 2.24) is 5.32 Å². The molecule has 0 heterocycles. The molecule has 2 N–H and O–H groups in total. The molecule has 1 aromatic rings. The number of alkyl halides is 2. The summed E-state index contributed by atoms with van der Waals surface area (Å²) >= 11 is 0. The molecule has 0 amide bonds. The summed E-state index contributed by atoms with van der Waals surface area (Å²) in [6.07, 6.45) is 2.88. The third-order valence-corrected chi connectivity index (χ3v) is 3.85. The number of carboxylic acid groups (broad SMARTS) is 1. The maximum absolute atomic E-state index is 12.3. The standard InChI is InChI=1S/C15H19F2NO3/c16-15(17)21-13-4-2-1-3-11(13)9-18-12-7-5-10(6-8-12)14(19)20/h1-4,10,12,15,18H,5-9H2,(H,19,20). The predicted octanol–water partition coefficient (Wildman–Crippen LogP) is 3.02. The lowest BCUT2D eigenvalue weighted by Gasteiger charge is -2.27. The number of hydrogen-bond donors (Lipinski definition) is 2. The molecule has 0 saturated heterocycles. The Balaban J connectivity index is 1.85. The van der Waals surface area contributed by atoms with Crippen molar-refractivity contribution in [3.63, 3.8) is 0 Å². The van der Waals surface area contributed by atoms with Gasteiger partial charge in [-0.25, -0.2) is 0 Å². The number of benzene rings is 1. The van der Waals surface area contributed by atoms with Crippen LogP contribution in [0.2, 0.25) is 0 Å². The summed E-state index contributed by atoms with van der Waals surface area (Å²) in [5.41, 5.74) is 0.679. The number of hydrogen-bond acceptors (Lipinski definition) is 3. The number of para-hydroxylation sites is 1. The van der Waals surface area contributed by atoms with Crippen molar-refractivity contribution in [3.8, 4) is 5.75 Å². The average Bonchev–Trinajstić information content (AvgIpc) is 2.46. The molecule has 0 bridgehead atoms. The summed E-state index contributed by atoms with van der Waals surface area (Å²) in [6, 6.07) is 6.91. The molecular formula is C15H19F2NO3. The highest BCUT2D eigenvalue weighted by Gasteiger charge is 2.25. The van der Waals surface area contributed by atoms with Crippen molar-refractivity contribution < 1.29 is 23.4 Å². The molecule has 0 spiro atoms. The van der Waals surface area contributed by atoms with Gasteiger partial charge in [-0.15, -0.1) is 0 Å². The van der Waals surface area contributed by atoms with Crippen LogP contribution >= 0.6 is 0 Å². The Morgan fingerprint density at radius 2 is 1.95 bits per heavy atom. The summed E-state index contributed by atoms with van der Waals surface area (Å²) in [4.78, 5) is 10.9. The van der Waals surface area contributed by atoms with E-state index in [4.69, 9.17) is 5.11 Å². The number of carbonyl (C=O) groups is 1. The number of carboxylic acids is 1. The summed E-state index contributed by atoms with van der Waals surface area (Å²) in [5.74, 6) is -0.805. The van der Waals surface area contributed by atoms with Crippen molar-refractivity contribution in [3.05, 3.63) is 29.8 Å². The van der Waals surface area contributed by atoms with Gasteiger partial charge in [0.1, 0.15) is 5.75 Å². The van der Waals surface area contributed by atoms with Crippen LogP contribution in [0.25, 0.3) is 0 Å². The Kier molecular flexibility index (Phi) is 5.50. The van der Waals surface area contributed by atoms with Crippen molar-refractivity contribution >= 4 is 5.97 Å². The van der Waals surface area contributed by atoms with Crippen LogP contribution in [-0.4, -0.2) is 23.7 Å². The van der Waals surface area contributed by atoms with Gasteiger partial charge in [0.15, 0.2) is 0 Å². The van der Waals surface area contributed by atoms with Gasteiger partial charge in [0.2, 0.25) is 0 Å². The van der Waals surface area contributed by atoms with Gasteiger partial charge in [-0.05, 0) is 31.7 Å². The van der Waals surface area contributed by atoms with E-state index in [1.807, 2.05) is 0 Å². The zero-order valence-corrected chi connectivity index (χ0v) is 11.6. The summed E-state index contributed by atoms with van der Waals surface area (Å²) in [6.45, 7) is -2.40. The second kappa shape index (κ2) is 7.36. The normalized spacial score (nSPS) is 22.2. The number of ether oxygens (including phenoxy) is 1. The van der Waals surface area contributed by atoms with E-state index in [0.717, 1.165) is 12.8 Å². The molecule has 0 aliphatic heterocycles. The van der Waals surface area contributed by atoms with E-state index in [0.29, 0.717) is 24.9 Å². The van der Waals surface area contributed by atoms with E-state index < -0.39 is 12.6 Å². The topological polar surface area (TPSA) is 58.6 Å². The largest absolute Gasteiger partial charge is 0.481 e. The first-order valence-corrected chi connectivity index (χ1v) is 7.05. The van der Waals surface area contributed by atoms with Crippen LogP contribution in [-0.2, 0) is 11.3 Å². The molecule has 0 radical (unpaired) electrons. The van der Waals surface area contributed by atoms with E-state index in [1.165, 1.54) is 6.07 Å². The number of rotatable bonds is 6. The third-order valence-electron chi connectivity index (χ3n) is 3.85. The van der Waals surface area contributed by atoms with Crippen LogP contribution in [0.5, 0.6) is 5.75 Å². The SMILES string of the molecule is O=C(O)C1CCC(NCc2ccccc2OC(F)F)CC1. The Morgan fingerprint density at radius 1 is 1.29 bits per heavy atom. The fourth-order valence-electron chi connectivity index (χ4n) is 2.66. The minimum absolute atomic E-state index is 0.180. The molecule has 21 heavy (non-hydrogen) atoms. The molecule has 2 rings (SSSR count). The van der Waals surface area contributed by atoms with Crippen molar-refractivity contribution in [2.24, 2.45) is 5.92 Å². The van der Waals surface area contributed by atoms with Crippen molar-refractivity contribution in [2.45, 2.75) is 44.9 Å². The lowest BCUT2D eigenvalue weighted by atomic mass is 9.86. The zero-order chi connectivity index (χ0) is 15.2. The predicted molar refractivity (Wildman–Crippen MR) is 73.3 cm³/mol. The van der Waals surface area contributed by atoms with Crippen molar-refractivity contribution in [1.29, 1.82) is 0 Å². The van der Waals surface area contributed by atoms with Gasteiger partial charge in [0, 0.05) is 18.2 Å². The molecule has 1 saturated carbocycles. The highest BCUT2D eigenvalue weighted by Crippen LogP contribution is 2.25. The van der Waals surface area contributed by atoms with Crippen LogP contribution in [0.15, 0.2) is 24.3 Å². The van der Waals surface area contributed by atoms with E-state index in [9.17, 15) is 13.6 Å². The molecule has 1 aliphatic carbocycles. The lowest BCUT2D eigenvalue weighted by molar-refractivity contribution is -0.142.